The first kappa shape index (κ1) is 18.0. The molecule has 1 fully saturated rings. The highest BCUT2D eigenvalue weighted by Crippen LogP contribution is 2.17. The number of aromatic nitrogens is 5. The highest BCUT2D eigenvalue weighted by Gasteiger charge is 2.33. The van der Waals surface area contributed by atoms with Crippen molar-refractivity contribution in [1.29, 1.82) is 0 Å². The van der Waals surface area contributed by atoms with Gasteiger partial charge in [0.1, 0.15) is 12.6 Å². The number of imidazole rings is 1. The molecule has 0 atom stereocenters. The van der Waals surface area contributed by atoms with Gasteiger partial charge >= 0.3 is 5.69 Å². The summed E-state index contributed by atoms with van der Waals surface area (Å²) in [6, 6.07) is 5.55. The zero-order chi connectivity index (χ0) is 20.0. The Labute approximate surface area is 159 Å². The molecule has 3 aromatic heterocycles. The average molecular weight is 384 g/mol. The number of likely N-dealkylation sites (tertiary alicyclic amines) is 1. The number of nitrogens with zero attached hydrogens (tertiary/aromatic N) is 6. The van der Waals surface area contributed by atoms with E-state index in [4.69, 9.17) is 4.74 Å². The van der Waals surface area contributed by atoms with E-state index in [1.54, 1.807) is 18.0 Å². The van der Waals surface area contributed by atoms with E-state index in [0.717, 1.165) is 10.3 Å². The first-order valence-electron chi connectivity index (χ1n) is 8.84. The number of ether oxygens (including phenoxy) is 1. The third kappa shape index (κ3) is 2.96. The van der Waals surface area contributed by atoms with Crippen LogP contribution in [0.3, 0.4) is 0 Å². The lowest BCUT2D eigenvalue weighted by molar-refractivity contribution is -0.140. The Morgan fingerprint density at radius 3 is 2.68 bits per heavy atom. The molecule has 146 valence electrons. The molecule has 10 heteroatoms. The number of carbonyl (C=O) groups excluding carboxylic acids is 1. The van der Waals surface area contributed by atoms with Gasteiger partial charge in [-0.25, -0.2) is 14.8 Å². The minimum Gasteiger partial charge on any atom is -0.471 e. The van der Waals surface area contributed by atoms with Crippen LogP contribution in [0.15, 0.2) is 34.1 Å². The Hall–Kier alpha value is -3.43. The normalized spacial score (nSPS) is 14.3. The number of rotatable bonds is 4. The molecule has 0 bridgehead atoms. The van der Waals surface area contributed by atoms with Gasteiger partial charge in [-0.05, 0) is 13.0 Å². The molecule has 1 aliphatic rings. The van der Waals surface area contributed by atoms with E-state index in [0.29, 0.717) is 19.0 Å². The first-order valence-corrected chi connectivity index (χ1v) is 8.84. The molecule has 4 rings (SSSR count). The molecule has 0 N–H and O–H groups in total. The van der Waals surface area contributed by atoms with Crippen molar-refractivity contribution in [3.63, 3.8) is 0 Å². The van der Waals surface area contributed by atoms with Gasteiger partial charge in [0.15, 0.2) is 11.2 Å². The molecule has 0 aliphatic carbocycles. The van der Waals surface area contributed by atoms with Gasteiger partial charge in [0, 0.05) is 25.9 Å². The van der Waals surface area contributed by atoms with E-state index in [1.165, 1.54) is 22.5 Å². The molecule has 28 heavy (non-hydrogen) atoms. The molecule has 0 radical (unpaired) electrons. The Kier molecular flexibility index (Phi) is 4.25. The van der Waals surface area contributed by atoms with Crippen molar-refractivity contribution < 1.29 is 9.53 Å². The third-order valence-electron chi connectivity index (χ3n) is 4.87. The van der Waals surface area contributed by atoms with Crippen LogP contribution in [0.5, 0.6) is 5.88 Å². The molecule has 1 saturated heterocycles. The van der Waals surface area contributed by atoms with Gasteiger partial charge in [0.25, 0.3) is 5.56 Å². The monoisotopic (exact) mass is 384 g/mol. The van der Waals surface area contributed by atoms with Gasteiger partial charge < -0.3 is 14.2 Å². The molecule has 10 nitrogen and oxygen atoms in total. The summed E-state index contributed by atoms with van der Waals surface area (Å²) >= 11 is 0. The van der Waals surface area contributed by atoms with Crippen LogP contribution >= 0.6 is 0 Å². The van der Waals surface area contributed by atoms with Crippen LogP contribution < -0.4 is 16.0 Å². The SMILES string of the molecule is Cc1cccc(OC2CN(C(=O)Cn3cnc4c3c(=O)n(C)c(=O)n4C)C2)n1. The minimum atomic E-state index is -0.473. The van der Waals surface area contributed by atoms with E-state index in [-0.39, 0.29) is 29.7 Å². The van der Waals surface area contributed by atoms with E-state index >= 15 is 0 Å². The van der Waals surface area contributed by atoms with Crippen molar-refractivity contribution in [2.24, 2.45) is 14.1 Å². The Morgan fingerprint density at radius 2 is 1.96 bits per heavy atom. The second-order valence-corrected chi connectivity index (χ2v) is 6.91. The van der Waals surface area contributed by atoms with Gasteiger partial charge in [0.05, 0.1) is 19.4 Å². The first-order chi connectivity index (χ1) is 13.3. The topological polar surface area (TPSA) is 104 Å². The number of pyridine rings is 1. The van der Waals surface area contributed by atoms with Gasteiger partial charge in [-0.3, -0.25) is 18.7 Å². The maximum Gasteiger partial charge on any atom is 0.332 e. The van der Waals surface area contributed by atoms with Crippen molar-refractivity contribution in [1.82, 2.24) is 28.6 Å². The summed E-state index contributed by atoms with van der Waals surface area (Å²) in [5, 5.41) is 0. The van der Waals surface area contributed by atoms with Crippen LogP contribution in [0, 0.1) is 6.92 Å². The maximum absolute atomic E-state index is 12.6. The van der Waals surface area contributed by atoms with Crippen molar-refractivity contribution in [2.75, 3.05) is 13.1 Å². The molecule has 4 heterocycles. The summed E-state index contributed by atoms with van der Waals surface area (Å²) in [7, 11) is 2.94. The Balaban J connectivity index is 1.46. The minimum absolute atomic E-state index is 0.0284. The third-order valence-corrected chi connectivity index (χ3v) is 4.87. The highest BCUT2D eigenvalue weighted by molar-refractivity contribution is 5.79. The van der Waals surface area contributed by atoms with Crippen molar-refractivity contribution >= 4 is 17.1 Å². The number of fused-ring (bicyclic) bond motifs is 1. The summed E-state index contributed by atoms with van der Waals surface area (Å²) in [4.78, 5) is 47.1. The van der Waals surface area contributed by atoms with Gasteiger partial charge in [-0.2, -0.15) is 0 Å². The number of carbonyl (C=O) groups is 1. The number of aryl methyl sites for hydroxylation is 2. The lowest BCUT2D eigenvalue weighted by Crippen LogP contribution is -2.57. The van der Waals surface area contributed by atoms with E-state index < -0.39 is 11.2 Å². The highest BCUT2D eigenvalue weighted by atomic mass is 16.5. The second-order valence-electron chi connectivity index (χ2n) is 6.91. The Bertz CT molecular complexity index is 1180. The van der Waals surface area contributed by atoms with Crippen molar-refractivity contribution in [3.05, 3.63) is 51.1 Å². The Morgan fingerprint density at radius 1 is 1.21 bits per heavy atom. The second kappa shape index (κ2) is 6.63. The molecule has 3 aromatic rings. The maximum atomic E-state index is 12.6. The zero-order valence-electron chi connectivity index (χ0n) is 15.8. The summed E-state index contributed by atoms with van der Waals surface area (Å²) in [5.74, 6) is 0.398. The number of amides is 1. The van der Waals surface area contributed by atoms with Crippen LogP contribution in [0.25, 0.3) is 11.2 Å². The molecule has 0 saturated carbocycles. The fraction of sp³-hybridized carbons (Fsp3) is 0.389. The molecular formula is C18H20N6O4. The molecular weight excluding hydrogens is 364 g/mol. The van der Waals surface area contributed by atoms with E-state index in [2.05, 4.69) is 9.97 Å². The molecule has 0 unspecified atom stereocenters. The lowest BCUT2D eigenvalue weighted by Gasteiger charge is -2.38. The smallest absolute Gasteiger partial charge is 0.332 e. The van der Waals surface area contributed by atoms with Gasteiger partial charge in [-0.15, -0.1) is 0 Å². The van der Waals surface area contributed by atoms with Crippen LogP contribution in [-0.2, 0) is 25.4 Å². The van der Waals surface area contributed by atoms with Crippen LogP contribution in [0.4, 0.5) is 0 Å². The number of hydrogen-bond donors (Lipinski definition) is 0. The van der Waals surface area contributed by atoms with E-state index in [1.807, 2.05) is 19.1 Å². The van der Waals surface area contributed by atoms with Gasteiger partial charge in [0.2, 0.25) is 11.8 Å². The average Bonchev–Trinajstić information content (AvgIpc) is 3.04. The molecule has 0 spiro atoms. The van der Waals surface area contributed by atoms with Crippen LogP contribution in [-0.4, -0.2) is 53.7 Å². The summed E-state index contributed by atoms with van der Waals surface area (Å²) in [5.41, 5.74) is 0.430. The summed E-state index contributed by atoms with van der Waals surface area (Å²) in [6.07, 6.45) is 1.31. The summed E-state index contributed by atoms with van der Waals surface area (Å²) in [6.45, 7) is 2.77. The van der Waals surface area contributed by atoms with Crippen molar-refractivity contribution in [2.45, 2.75) is 19.6 Å². The standard InChI is InChI=1S/C18H20N6O4/c1-11-5-4-6-13(20-11)28-12-7-23(8-12)14(25)9-24-10-19-16-15(24)17(26)22(3)18(27)21(16)2/h4-6,10,12H,7-9H2,1-3H3. The predicted molar refractivity (Wildman–Crippen MR) is 100 cm³/mol. The largest absolute Gasteiger partial charge is 0.471 e. The lowest BCUT2D eigenvalue weighted by atomic mass is 10.1. The van der Waals surface area contributed by atoms with Crippen LogP contribution in [0.1, 0.15) is 5.69 Å². The van der Waals surface area contributed by atoms with E-state index in [9.17, 15) is 14.4 Å². The van der Waals surface area contributed by atoms with Gasteiger partial charge in [-0.1, -0.05) is 6.07 Å². The van der Waals surface area contributed by atoms with Crippen LogP contribution in [0.2, 0.25) is 0 Å². The fourth-order valence-electron chi connectivity index (χ4n) is 3.23. The van der Waals surface area contributed by atoms with Crippen molar-refractivity contribution in [3.8, 4) is 5.88 Å². The molecule has 0 aromatic carbocycles. The quantitative estimate of drug-likeness (QED) is 0.597. The predicted octanol–water partition coefficient (Wildman–Crippen LogP) is -0.573. The fourth-order valence-corrected chi connectivity index (χ4v) is 3.23. The molecule has 1 amide bonds. The number of hydrogen-bond acceptors (Lipinski definition) is 6. The molecule has 1 aliphatic heterocycles. The zero-order valence-corrected chi connectivity index (χ0v) is 15.8. The summed E-state index contributed by atoms with van der Waals surface area (Å²) < 4.78 is 9.55.